The first-order valence-electron chi connectivity index (χ1n) is 12.7. The number of hydrogen-bond acceptors (Lipinski definition) is 0. The quantitative estimate of drug-likeness (QED) is 0.121. The van der Waals surface area contributed by atoms with Crippen LogP contribution in [0.3, 0.4) is 0 Å². The van der Waals surface area contributed by atoms with Gasteiger partial charge < -0.3 is 0 Å². The maximum absolute atomic E-state index is 3.80. The molecule has 0 heteroatoms. The molecule has 0 atom stereocenters. The molecule has 0 unspecified atom stereocenters. The molecule has 0 rings (SSSR count). The third-order valence-electron chi connectivity index (χ3n) is 5.81. The summed E-state index contributed by atoms with van der Waals surface area (Å²) in [5, 5.41) is 0. The van der Waals surface area contributed by atoms with Crippen LogP contribution in [0.5, 0.6) is 0 Å². The lowest BCUT2D eigenvalue weighted by atomic mass is 9.98. The molecule has 0 aromatic carbocycles. The van der Waals surface area contributed by atoms with Crippen molar-refractivity contribution >= 4 is 0 Å². The van der Waals surface area contributed by atoms with Crippen LogP contribution in [0, 0.1) is 0 Å². The van der Waals surface area contributed by atoms with E-state index in [-0.39, 0.29) is 0 Å². The van der Waals surface area contributed by atoms with Gasteiger partial charge in [0.25, 0.3) is 0 Å². The zero-order valence-corrected chi connectivity index (χ0v) is 19.5. The van der Waals surface area contributed by atoms with Gasteiger partial charge in [0, 0.05) is 0 Å². The van der Waals surface area contributed by atoms with Crippen molar-refractivity contribution < 1.29 is 0 Å². The van der Waals surface area contributed by atoms with Gasteiger partial charge in [-0.1, -0.05) is 108 Å². The molecule has 0 fully saturated rings. The smallest absolute Gasteiger partial charge is 0.0320 e. The molecule has 0 amide bonds. The minimum Gasteiger partial charge on any atom is -0.103 e. The summed E-state index contributed by atoms with van der Waals surface area (Å²) in [5.74, 6) is 0. The van der Waals surface area contributed by atoms with Gasteiger partial charge in [-0.05, 0) is 57.8 Å². The van der Waals surface area contributed by atoms with E-state index in [0.717, 1.165) is 0 Å². The van der Waals surface area contributed by atoms with Gasteiger partial charge in [0.2, 0.25) is 0 Å². The van der Waals surface area contributed by atoms with Crippen molar-refractivity contribution in [2.45, 2.75) is 142 Å². The van der Waals surface area contributed by atoms with Crippen molar-refractivity contribution in [2.75, 3.05) is 0 Å². The zero-order chi connectivity index (χ0) is 20.5. The standard InChI is InChI=1S/C28H52/c1-4-7-9-11-13-15-16-17-18-20-22-24-27-28(25-6-3)26-23-21-19-14-12-10-8-5-2/h4-5,25H,1-2,6-24,26-27H2,3H3. The number of allylic oxidation sites excluding steroid dienone is 4. The molecule has 0 aromatic heterocycles. The van der Waals surface area contributed by atoms with E-state index in [1.54, 1.807) is 5.57 Å². The van der Waals surface area contributed by atoms with Crippen LogP contribution in [-0.2, 0) is 0 Å². The predicted molar refractivity (Wildman–Crippen MR) is 131 cm³/mol. The first-order chi connectivity index (χ1) is 13.8. The number of rotatable bonds is 23. The summed E-state index contributed by atoms with van der Waals surface area (Å²) in [6.07, 6.45) is 35.5. The van der Waals surface area contributed by atoms with Gasteiger partial charge in [0.15, 0.2) is 0 Å². The van der Waals surface area contributed by atoms with Crippen LogP contribution in [0.2, 0.25) is 0 Å². The van der Waals surface area contributed by atoms with E-state index in [4.69, 9.17) is 0 Å². The largest absolute Gasteiger partial charge is 0.103 e. The van der Waals surface area contributed by atoms with E-state index in [1.165, 1.54) is 135 Å². The third kappa shape index (κ3) is 21.5. The van der Waals surface area contributed by atoms with E-state index in [1.807, 2.05) is 6.08 Å². The minimum absolute atomic E-state index is 1.19. The van der Waals surface area contributed by atoms with Crippen molar-refractivity contribution in [1.29, 1.82) is 0 Å². The van der Waals surface area contributed by atoms with Gasteiger partial charge in [-0.3, -0.25) is 0 Å². The topological polar surface area (TPSA) is 0 Å². The van der Waals surface area contributed by atoms with Crippen molar-refractivity contribution in [1.82, 2.24) is 0 Å². The highest BCUT2D eigenvalue weighted by molar-refractivity contribution is 5.01. The monoisotopic (exact) mass is 388 g/mol. The number of unbranched alkanes of at least 4 members (excludes halogenated alkanes) is 16. The molecule has 0 aromatic rings. The normalized spacial score (nSPS) is 11.7. The molecule has 0 aliphatic carbocycles. The Hall–Kier alpha value is -0.780. The highest BCUT2D eigenvalue weighted by Gasteiger charge is 1.99. The summed E-state index contributed by atoms with van der Waals surface area (Å²) in [7, 11) is 0. The maximum atomic E-state index is 3.80. The lowest BCUT2D eigenvalue weighted by molar-refractivity contribution is 0.548. The SMILES string of the molecule is C=CCCCCCCCCCCCCC(=CCC)CCCCCCCCC=C. The van der Waals surface area contributed by atoms with Gasteiger partial charge >= 0.3 is 0 Å². The molecule has 0 nitrogen and oxygen atoms in total. The van der Waals surface area contributed by atoms with Crippen molar-refractivity contribution in [3.05, 3.63) is 37.0 Å². The van der Waals surface area contributed by atoms with Crippen LogP contribution in [0.1, 0.15) is 142 Å². The number of hydrogen-bond donors (Lipinski definition) is 0. The van der Waals surface area contributed by atoms with Crippen LogP contribution < -0.4 is 0 Å². The summed E-state index contributed by atoms with van der Waals surface area (Å²) < 4.78 is 0. The Bertz CT molecular complexity index is 349. The van der Waals surface area contributed by atoms with Crippen molar-refractivity contribution in [3.63, 3.8) is 0 Å². The molecule has 0 radical (unpaired) electrons. The summed E-state index contributed by atoms with van der Waals surface area (Å²) in [6, 6.07) is 0. The van der Waals surface area contributed by atoms with E-state index in [9.17, 15) is 0 Å². The second-order valence-corrected chi connectivity index (χ2v) is 8.58. The van der Waals surface area contributed by atoms with Crippen molar-refractivity contribution in [3.8, 4) is 0 Å². The summed E-state index contributed by atoms with van der Waals surface area (Å²) in [6.45, 7) is 9.88. The van der Waals surface area contributed by atoms with Crippen LogP contribution in [0.15, 0.2) is 37.0 Å². The Morgan fingerprint density at radius 2 is 0.821 bits per heavy atom. The van der Waals surface area contributed by atoms with E-state index in [2.05, 4.69) is 32.2 Å². The molecular formula is C28H52. The Morgan fingerprint density at radius 1 is 0.500 bits per heavy atom. The summed E-state index contributed by atoms with van der Waals surface area (Å²) in [4.78, 5) is 0. The lowest BCUT2D eigenvalue weighted by Crippen LogP contribution is -1.88. The van der Waals surface area contributed by atoms with Crippen LogP contribution in [0.25, 0.3) is 0 Å². The molecular weight excluding hydrogens is 336 g/mol. The fraction of sp³-hybridized carbons (Fsp3) is 0.786. The van der Waals surface area contributed by atoms with Crippen LogP contribution >= 0.6 is 0 Å². The molecule has 164 valence electrons. The zero-order valence-electron chi connectivity index (χ0n) is 19.5. The van der Waals surface area contributed by atoms with E-state index in [0.29, 0.717) is 0 Å². The first-order valence-corrected chi connectivity index (χ1v) is 12.7. The molecule has 0 aliphatic heterocycles. The average Bonchev–Trinajstić information content (AvgIpc) is 2.70. The molecule has 0 saturated heterocycles. The fourth-order valence-corrected chi connectivity index (χ4v) is 4.02. The Balaban J connectivity index is 3.45. The Labute approximate surface area is 179 Å². The van der Waals surface area contributed by atoms with Gasteiger partial charge in [0.1, 0.15) is 0 Å². The third-order valence-corrected chi connectivity index (χ3v) is 5.81. The second kappa shape index (κ2) is 24.3. The molecule has 0 bridgehead atoms. The van der Waals surface area contributed by atoms with Crippen LogP contribution in [0.4, 0.5) is 0 Å². The van der Waals surface area contributed by atoms with E-state index >= 15 is 0 Å². The Kier molecular flexibility index (Phi) is 23.6. The highest BCUT2D eigenvalue weighted by Crippen LogP contribution is 2.19. The van der Waals surface area contributed by atoms with Crippen molar-refractivity contribution in [2.24, 2.45) is 0 Å². The molecule has 0 heterocycles. The average molecular weight is 389 g/mol. The fourth-order valence-electron chi connectivity index (χ4n) is 4.02. The maximum Gasteiger partial charge on any atom is -0.0320 e. The molecule has 0 saturated carbocycles. The van der Waals surface area contributed by atoms with Gasteiger partial charge in [0.05, 0.1) is 0 Å². The first kappa shape index (κ1) is 27.2. The summed E-state index contributed by atoms with van der Waals surface area (Å²) >= 11 is 0. The molecule has 0 spiro atoms. The Morgan fingerprint density at radius 3 is 1.14 bits per heavy atom. The molecule has 28 heavy (non-hydrogen) atoms. The van der Waals surface area contributed by atoms with Crippen LogP contribution in [-0.4, -0.2) is 0 Å². The second-order valence-electron chi connectivity index (χ2n) is 8.58. The summed E-state index contributed by atoms with van der Waals surface area (Å²) in [5.41, 5.74) is 1.74. The van der Waals surface area contributed by atoms with E-state index < -0.39 is 0 Å². The van der Waals surface area contributed by atoms with Gasteiger partial charge in [-0.2, -0.15) is 0 Å². The minimum atomic E-state index is 1.19. The predicted octanol–water partition coefficient (Wildman–Crippen LogP) is 10.5. The molecule has 0 N–H and O–H groups in total. The van der Waals surface area contributed by atoms with Gasteiger partial charge in [-0.25, -0.2) is 0 Å². The lowest BCUT2D eigenvalue weighted by Gasteiger charge is -2.08. The highest BCUT2D eigenvalue weighted by atomic mass is 14.1. The molecule has 0 aliphatic rings. The van der Waals surface area contributed by atoms with Gasteiger partial charge in [-0.15, -0.1) is 13.2 Å².